The molecule has 1 rings (SSSR count). The maximum atomic E-state index is 4.73. The smallest absolute Gasteiger partial charge is 0.191 e. The van der Waals surface area contributed by atoms with Gasteiger partial charge in [0.1, 0.15) is 0 Å². The lowest BCUT2D eigenvalue weighted by molar-refractivity contribution is 0.273. The Hall–Kier alpha value is -0.770. The van der Waals surface area contributed by atoms with E-state index in [1.165, 1.54) is 19.4 Å². The third-order valence-corrected chi connectivity index (χ3v) is 3.71. The van der Waals surface area contributed by atoms with E-state index in [1.807, 2.05) is 0 Å². The van der Waals surface area contributed by atoms with E-state index < -0.39 is 0 Å². The Bertz CT molecular complexity index is 252. The summed E-state index contributed by atoms with van der Waals surface area (Å²) in [6.45, 7) is 13.0. The molecule has 1 heterocycles. The van der Waals surface area contributed by atoms with E-state index in [1.54, 1.807) is 0 Å². The molecular formula is C14H30N4. The van der Waals surface area contributed by atoms with Gasteiger partial charge in [0.2, 0.25) is 0 Å². The van der Waals surface area contributed by atoms with E-state index in [0.29, 0.717) is 12.1 Å². The van der Waals surface area contributed by atoms with Gasteiger partial charge in [0.25, 0.3) is 0 Å². The Morgan fingerprint density at radius 2 is 2.17 bits per heavy atom. The molecule has 2 atom stereocenters. The zero-order chi connectivity index (χ0) is 13.4. The SMILES string of the molecule is CCNC(=NCC1CCCN1CC)NC(C)CC. The van der Waals surface area contributed by atoms with Crippen molar-refractivity contribution in [1.82, 2.24) is 15.5 Å². The topological polar surface area (TPSA) is 39.7 Å². The van der Waals surface area contributed by atoms with Crippen molar-refractivity contribution in [2.24, 2.45) is 4.99 Å². The van der Waals surface area contributed by atoms with Crippen molar-refractivity contribution in [2.45, 2.75) is 59.0 Å². The average molecular weight is 254 g/mol. The van der Waals surface area contributed by atoms with Gasteiger partial charge >= 0.3 is 0 Å². The minimum atomic E-state index is 0.480. The summed E-state index contributed by atoms with van der Waals surface area (Å²) < 4.78 is 0. The van der Waals surface area contributed by atoms with Gasteiger partial charge in [-0.25, -0.2) is 0 Å². The minimum Gasteiger partial charge on any atom is -0.357 e. The zero-order valence-corrected chi connectivity index (χ0v) is 12.5. The van der Waals surface area contributed by atoms with E-state index in [0.717, 1.165) is 32.0 Å². The van der Waals surface area contributed by atoms with E-state index in [4.69, 9.17) is 4.99 Å². The lowest BCUT2D eigenvalue weighted by Crippen LogP contribution is -2.43. The Morgan fingerprint density at radius 1 is 1.39 bits per heavy atom. The van der Waals surface area contributed by atoms with Gasteiger partial charge in [-0.3, -0.25) is 9.89 Å². The van der Waals surface area contributed by atoms with E-state index in [9.17, 15) is 0 Å². The zero-order valence-electron chi connectivity index (χ0n) is 12.5. The van der Waals surface area contributed by atoms with Gasteiger partial charge in [-0.15, -0.1) is 0 Å². The number of hydrogen-bond donors (Lipinski definition) is 2. The van der Waals surface area contributed by atoms with Crippen LogP contribution in [0, 0.1) is 0 Å². The van der Waals surface area contributed by atoms with Gasteiger partial charge in [0.05, 0.1) is 6.54 Å². The summed E-state index contributed by atoms with van der Waals surface area (Å²) in [7, 11) is 0. The molecule has 106 valence electrons. The molecule has 1 saturated heterocycles. The molecule has 1 aliphatic rings. The number of rotatable bonds is 6. The highest BCUT2D eigenvalue weighted by atomic mass is 15.2. The van der Waals surface area contributed by atoms with Crippen molar-refractivity contribution in [3.05, 3.63) is 0 Å². The van der Waals surface area contributed by atoms with Gasteiger partial charge in [0, 0.05) is 18.6 Å². The number of hydrogen-bond acceptors (Lipinski definition) is 2. The highest BCUT2D eigenvalue weighted by molar-refractivity contribution is 5.80. The van der Waals surface area contributed by atoms with Crippen LogP contribution in [0.1, 0.15) is 47.0 Å². The van der Waals surface area contributed by atoms with Gasteiger partial charge in [-0.2, -0.15) is 0 Å². The summed E-state index contributed by atoms with van der Waals surface area (Å²) >= 11 is 0. The fourth-order valence-electron chi connectivity index (χ4n) is 2.37. The number of nitrogens with one attached hydrogen (secondary N) is 2. The predicted molar refractivity (Wildman–Crippen MR) is 79.1 cm³/mol. The Balaban J connectivity index is 2.48. The van der Waals surface area contributed by atoms with Gasteiger partial charge < -0.3 is 10.6 Å². The minimum absolute atomic E-state index is 0.480. The largest absolute Gasteiger partial charge is 0.357 e. The van der Waals surface area contributed by atoms with E-state index in [-0.39, 0.29) is 0 Å². The number of guanidine groups is 1. The molecule has 2 unspecified atom stereocenters. The Morgan fingerprint density at radius 3 is 2.78 bits per heavy atom. The van der Waals surface area contributed by atoms with Gasteiger partial charge in [-0.05, 0) is 46.2 Å². The number of aliphatic imine (C=N–C) groups is 1. The van der Waals surface area contributed by atoms with Gasteiger partial charge in [0.15, 0.2) is 5.96 Å². The number of nitrogens with zero attached hydrogens (tertiary/aromatic N) is 2. The molecule has 0 aromatic rings. The highest BCUT2D eigenvalue weighted by Gasteiger charge is 2.22. The lowest BCUT2D eigenvalue weighted by Gasteiger charge is -2.22. The molecule has 0 radical (unpaired) electrons. The Labute approximate surface area is 112 Å². The van der Waals surface area contributed by atoms with Crippen LogP contribution in [-0.2, 0) is 0 Å². The third kappa shape index (κ3) is 4.84. The van der Waals surface area contributed by atoms with Crippen molar-refractivity contribution < 1.29 is 0 Å². The molecule has 0 aliphatic carbocycles. The summed E-state index contributed by atoms with van der Waals surface area (Å²) in [6.07, 6.45) is 3.73. The fraction of sp³-hybridized carbons (Fsp3) is 0.929. The van der Waals surface area contributed by atoms with Crippen LogP contribution in [0.4, 0.5) is 0 Å². The first kappa shape index (κ1) is 15.3. The van der Waals surface area contributed by atoms with Crippen LogP contribution < -0.4 is 10.6 Å². The second kappa shape index (κ2) is 8.35. The molecule has 4 heteroatoms. The standard InChI is InChI=1S/C14H30N4/c1-5-12(4)17-14(15-6-2)16-11-13-9-8-10-18(13)7-3/h12-13H,5-11H2,1-4H3,(H2,15,16,17). The first-order valence-corrected chi connectivity index (χ1v) is 7.50. The molecule has 1 aliphatic heterocycles. The molecule has 18 heavy (non-hydrogen) atoms. The second-order valence-electron chi connectivity index (χ2n) is 5.10. The molecule has 0 saturated carbocycles. The van der Waals surface area contributed by atoms with Crippen molar-refractivity contribution in [2.75, 3.05) is 26.2 Å². The van der Waals surface area contributed by atoms with Crippen LogP contribution in [-0.4, -0.2) is 49.1 Å². The first-order valence-electron chi connectivity index (χ1n) is 7.50. The average Bonchev–Trinajstić information content (AvgIpc) is 2.83. The molecule has 4 nitrogen and oxygen atoms in total. The summed E-state index contributed by atoms with van der Waals surface area (Å²) in [4.78, 5) is 7.27. The first-order chi connectivity index (χ1) is 8.71. The summed E-state index contributed by atoms with van der Waals surface area (Å²) in [5.74, 6) is 0.967. The normalized spacial score (nSPS) is 23.1. The van der Waals surface area contributed by atoms with Crippen LogP contribution in [0.25, 0.3) is 0 Å². The second-order valence-corrected chi connectivity index (χ2v) is 5.10. The molecule has 0 amide bonds. The van der Waals surface area contributed by atoms with E-state index >= 15 is 0 Å². The van der Waals surface area contributed by atoms with Crippen LogP contribution in [0.2, 0.25) is 0 Å². The lowest BCUT2D eigenvalue weighted by atomic mass is 10.2. The highest BCUT2D eigenvalue weighted by Crippen LogP contribution is 2.16. The number of likely N-dealkylation sites (tertiary alicyclic amines) is 1. The van der Waals surface area contributed by atoms with Crippen LogP contribution in [0.15, 0.2) is 4.99 Å². The molecule has 0 spiro atoms. The third-order valence-electron chi connectivity index (χ3n) is 3.71. The molecule has 0 aromatic heterocycles. The predicted octanol–water partition coefficient (Wildman–Crippen LogP) is 1.82. The molecule has 0 aromatic carbocycles. The summed E-state index contributed by atoms with van der Waals surface area (Å²) in [5, 5.41) is 6.77. The van der Waals surface area contributed by atoms with Crippen molar-refractivity contribution in [3.63, 3.8) is 0 Å². The van der Waals surface area contributed by atoms with Crippen LogP contribution in [0.5, 0.6) is 0 Å². The van der Waals surface area contributed by atoms with Crippen molar-refractivity contribution in [3.8, 4) is 0 Å². The quantitative estimate of drug-likeness (QED) is 0.561. The van der Waals surface area contributed by atoms with E-state index in [2.05, 4.69) is 43.2 Å². The summed E-state index contributed by atoms with van der Waals surface area (Å²) in [6, 6.07) is 1.12. The maximum absolute atomic E-state index is 4.73. The number of likely N-dealkylation sites (N-methyl/N-ethyl adjacent to an activating group) is 1. The fourth-order valence-corrected chi connectivity index (χ4v) is 2.37. The molecule has 2 N–H and O–H groups in total. The monoisotopic (exact) mass is 254 g/mol. The van der Waals surface area contributed by atoms with Crippen molar-refractivity contribution >= 4 is 5.96 Å². The maximum Gasteiger partial charge on any atom is 0.191 e. The van der Waals surface area contributed by atoms with Crippen molar-refractivity contribution in [1.29, 1.82) is 0 Å². The Kier molecular flexibility index (Phi) is 7.09. The van der Waals surface area contributed by atoms with Gasteiger partial charge in [-0.1, -0.05) is 13.8 Å². The summed E-state index contributed by atoms with van der Waals surface area (Å²) in [5.41, 5.74) is 0. The molecule has 1 fully saturated rings. The van der Waals surface area contributed by atoms with Crippen LogP contribution >= 0.6 is 0 Å². The molecular weight excluding hydrogens is 224 g/mol. The van der Waals surface area contributed by atoms with Crippen LogP contribution in [0.3, 0.4) is 0 Å². The molecule has 0 bridgehead atoms.